The Kier molecular flexibility index (Phi) is 3.32. The molecule has 1 fully saturated rings. The maximum atomic E-state index is 13.1. The number of hydrogen-bond acceptors (Lipinski definition) is 3. The van der Waals surface area contributed by atoms with Gasteiger partial charge in [-0.3, -0.25) is 4.90 Å². The highest BCUT2D eigenvalue weighted by atomic mass is 19.3. The number of carboxylic acid groups (broad SMARTS) is 2. The Morgan fingerprint density at radius 3 is 2.31 bits per heavy atom. The Labute approximate surface area is 89.4 Å². The third kappa shape index (κ3) is 2.21. The van der Waals surface area contributed by atoms with Crippen molar-refractivity contribution in [3.05, 3.63) is 0 Å². The van der Waals surface area contributed by atoms with E-state index >= 15 is 0 Å². The second-order valence-corrected chi connectivity index (χ2v) is 3.49. The predicted octanol–water partition coefficient (Wildman–Crippen LogP) is 0.679. The predicted molar refractivity (Wildman–Crippen MR) is 46.2 cm³/mol. The smallest absolute Gasteiger partial charge is 0.408 e. The zero-order chi connectivity index (χ0) is 12.5. The fourth-order valence-electron chi connectivity index (χ4n) is 1.69. The first-order valence-electron chi connectivity index (χ1n) is 4.45. The molecular weight excluding hydrogens is 228 g/mol. The van der Waals surface area contributed by atoms with Crippen LogP contribution in [0.4, 0.5) is 13.6 Å². The highest BCUT2D eigenvalue weighted by Gasteiger charge is 2.51. The fraction of sp³-hybridized carbons (Fsp3) is 0.750. The molecule has 0 aromatic carbocycles. The second kappa shape index (κ2) is 4.20. The van der Waals surface area contributed by atoms with Crippen molar-refractivity contribution in [2.75, 3.05) is 13.7 Å². The molecule has 6 nitrogen and oxygen atoms in total. The van der Waals surface area contributed by atoms with Crippen molar-refractivity contribution in [3.63, 3.8) is 0 Å². The SMILES string of the molecule is COC(F)(F)C1CC(C(=O)O)N(C(=O)O)C1. The lowest BCUT2D eigenvalue weighted by atomic mass is 10.0. The molecule has 2 unspecified atom stereocenters. The summed E-state index contributed by atoms with van der Waals surface area (Å²) < 4.78 is 30.1. The highest BCUT2D eigenvalue weighted by Crippen LogP contribution is 2.36. The van der Waals surface area contributed by atoms with Gasteiger partial charge in [-0.1, -0.05) is 0 Å². The van der Waals surface area contributed by atoms with E-state index in [-0.39, 0.29) is 0 Å². The van der Waals surface area contributed by atoms with Gasteiger partial charge in [0.1, 0.15) is 6.04 Å². The van der Waals surface area contributed by atoms with Crippen LogP contribution in [0.1, 0.15) is 6.42 Å². The molecule has 2 N–H and O–H groups in total. The zero-order valence-electron chi connectivity index (χ0n) is 8.39. The number of methoxy groups -OCH3 is 1. The lowest BCUT2D eigenvalue weighted by Gasteiger charge is -2.20. The Bertz CT molecular complexity index is 287. The van der Waals surface area contributed by atoms with Gasteiger partial charge in [0, 0.05) is 13.7 Å². The monoisotopic (exact) mass is 239 g/mol. The van der Waals surface area contributed by atoms with Crippen LogP contribution < -0.4 is 0 Å². The minimum absolute atomic E-state index is 0.456. The van der Waals surface area contributed by atoms with Gasteiger partial charge in [-0.25, -0.2) is 9.59 Å². The van der Waals surface area contributed by atoms with Crippen molar-refractivity contribution in [2.45, 2.75) is 18.6 Å². The molecule has 16 heavy (non-hydrogen) atoms. The van der Waals surface area contributed by atoms with Gasteiger partial charge in [0.15, 0.2) is 0 Å². The van der Waals surface area contributed by atoms with Crippen LogP contribution in [-0.4, -0.2) is 53.0 Å². The molecule has 1 heterocycles. The van der Waals surface area contributed by atoms with Gasteiger partial charge >= 0.3 is 18.2 Å². The van der Waals surface area contributed by atoms with Crippen molar-refractivity contribution in [1.82, 2.24) is 4.90 Å². The van der Waals surface area contributed by atoms with Gasteiger partial charge in [0.25, 0.3) is 0 Å². The minimum Gasteiger partial charge on any atom is -0.480 e. The van der Waals surface area contributed by atoms with Crippen LogP contribution in [0.15, 0.2) is 0 Å². The van der Waals surface area contributed by atoms with E-state index in [2.05, 4.69) is 4.74 Å². The molecule has 0 spiro atoms. The molecule has 92 valence electrons. The van der Waals surface area contributed by atoms with Crippen molar-refractivity contribution in [1.29, 1.82) is 0 Å². The topological polar surface area (TPSA) is 87.1 Å². The molecule has 1 saturated heterocycles. The first kappa shape index (κ1) is 12.6. The first-order chi connectivity index (χ1) is 7.29. The number of carboxylic acids is 1. The normalized spacial score (nSPS) is 25.8. The van der Waals surface area contributed by atoms with E-state index in [4.69, 9.17) is 10.2 Å². The van der Waals surface area contributed by atoms with Crippen LogP contribution in [-0.2, 0) is 9.53 Å². The van der Waals surface area contributed by atoms with E-state index < -0.39 is 43.1 Å². The van der Waals surface area contributed by atoms with E-state index in [0.29, 0.717) is 4.90 Å². The van der Waals surface area contributed by atoms with Gasteiger partial charge in [-0.05, 0) is 6.42 Å². The molecule has 0 bridgehead atoms. The number of ether oxygens (including phenoxy) is 1. The molecule has 0 saturated carbocycles. The molecule has 8 heteroatoms. The van der Waals surface area contributed by atoms with Crippen LogP contribution in [0.2, 0.25) is 0 Å². The van der Waals surface area contributed by atoms with Crippen LogP contribution in [0.25, 0.3) is 0 Å². The Hall–Kier alpha value is -1.44. The van der Waals surface area contributed by atoms with Crippen LogP contribution in [0, 0.1) is 5.92 Å². The summed E-state index contributed by atoms with van der Waals surface area (Å²) in [6.45, 7) is -0.548. The molecule has 2 atom stereocenters. The molecule has 0 radical (unpaired) electrons. The minimum atomic E-state index is -3.52. The molecule has 1 rings (SSSR count). The molecule has 1 aliphatic rings. The van der Waals surface area contributed by atoms with Crippen LogP contribution in [0.5, 0.6) is 0 Å². The molecular formula is C8H11F2NO5. The Morgan fingerprint density at radius 1 is 1.44 bits per heavy atom. The molecule has 0 aromatic rings. The van der Waals surface area contributed by atoms with Crippen molar-refractivity contribution in [2.24, 2.45) is 5.92 Å². The third-order valence-electron chi connectivity index (χ3n) is 2.58. The zero-order valence-corrected chi connectivity index (χ0v) is 8.39. The summed E-state index contributed by atoms with van der Waals surface area (Å²) in [4.78, 5) is 21.8. The maximum absolute atomic E-state index is 13.1. The van der Waals surface area contributed by atoms with Crippen molar-refractivity contribution < 1.29 is 33.3 Å². The lowest BCUT2D eigenvalue weighted by molar-refractivity contribution is -0.253. The molecule has 0 aliphatic carbocycles. The van der Waals surface area contributed by atoms with Gasteiger partial charge < -0.3 is 14.9 Å². The number of hydrogen-bond donors (Lipinski definition) is 2. The number of amides is 1. The van der Waals surface area contributed by atoms with E-state index in [1.54, 1.807) is 0 Å². The summed E-state index contributed by atoms with van der Waals surface area (Å²) in [5.74, 6) is -2.87. The quantitative estimate of drug-likeness (QED) is 0.756. The summed E-state index contributed by atoms with van der Waals surface area (Å²) in [6.07, 6.45) is -5.50. The number of alkyl halides is 2. The van der Waals surface area contributed by atoms with E-state index in [9.17, 15) is 18.4 Å². The summed E-state index contributed by atoms with van der Waals surface area (Å²) in [5.41, 5.74) is 0. The Balaban J connectivity index is 2.84. The van der Waals surface area contributed by atoms with Crippen LogP contribution in [0.3, 0.4) is 0 Å². The number of carbonyl (C=O) groups is 2. The standard InChI is InChI=1S/C8H11F2NO5/c1-16-8(9,10)4-2-5(6(12)13)11(3-4)7(14)15/h4-5H,2-3H2,1H3,(H,12,13)(H,14,15). The van der Waals surface area contributed by atoms with Gasteiger partial charge in [0.05, 0.1) is 5.92 Å². The highest BCUT2D eigenvalue weighted by molar-refractivity contribution is 5.80. The summed E-state index contributed by atoms with van der Waals surface area (Å²) in [6, 6.07) is -1.44. The first-order valence-corrected chi connectivity index (χ1v) is 4.45. The average Bonchev–Trinajstić information content (AvgIpc) is 2.62. The average molecular weight is 239 g/mol. The number of halogens is 2. The van der Waals surface area contributed by atoms with Gasteiger partial charge in [-0.15, -0.1) is 0 Å². The summed E-state index contributed by atoms with van der Waals surface area (Å²) in [5, 5.41) is 17.4. The second-order valence-electron chi connectivity index (χ2n) is 3.49. The number of likely N-dealkylation sites (tertiary alicyclic amines) is 1. The van der Waals surface area contributed by atoms with E-state index in [1.165, 1.54) is 0 Å². The maximum Gasteiger partial charge on any atom is 0.408 e. The van der Waals surface area contributed by atoms with Crippen molar-refractivity contribution in [3.8, 4) is 0 Å². The third-order valence-corrected chi connectivity index (χ3v) is 2.58. The van der Waals surface area contributed by atoms with Crippen LogP contribution >= 0.6 is 0 Å². The fourth-order valence-corrected chi connectivity index (χ4v) is 1.69. The molecule has 1 aliphatic heterocycles. The van der Waals surface area contributed by atoms with Crippen molar-refractivity contribution >= 4 is 12.1 Å². The lowest BCUT2D eigenvalue weighted by Crippen LogP contribution is -2.40. The van der Waals surface area contributed by atoms with Gasteiger partial charge in [0.2, 0.25) is 0 Å². The van der Waals surface area contributed by atoms with Gasteiger partial charge in [-0.2, -0.15) is 8.78 Å². The molecule has 0 aromatic heterocycles. The van der Waals surface area contributed by atoms with E-state index in [1.807, 2.05) is 0 Å². The van der Waals surface area contributed by atoms with E-state index in [0.717, 1.165) is 7.11 Å². The summed E-state index contributed by atoms with van der Waals surface area (Å²) >= 11 is 0. The largest absolute Gasteiger partial charge is 0.480 e. The summed E-state index contributed by atoms with van der Waals surface area (Å²) in [7, 11) is 0.791. The Morgan fingerprint density at radius 2 is 2.00 bits per heavy atom. The number of aliphatic carboxylic acids is 1. The molecule has 1 amide bonds. The number of rotatable bonds is 3. The number of nitrogens with zero attached hydrogens (tertiary/aromatic N) is 1.